The molecule has 108 valence electrons. The van der Waals surface area contributed by atoms with Crippen LogP contribution in [-0.2, 0) is 14.0 Å². The van der Waals surface area contributed by atoms with Crippen molar-refractivity contribution in [2.45, 2.75) is 43.6 Å². The summed E-state index contributed by atoms with van der Waals surface area (Å²) in [6.07, 6.45) is 3.84. The number of halogens is 1. The van der Waals surface area contributed by atoms with Crippen LogP contribution in [-0.4, -0.2) is 24.2 Å². The topological polar surface area (TPSA) is 54.5 Å². The van der Waals surface area contributed by atoms with E-state index in [4.69, 9.17) is 10.7 Å². The highest BCUT2D eigenvalue weighted by Crippen LogP contribution is 2.53. The third-order valence-electron chi connectivity index (χ3n) is 4.51. The molecule has 1 amide bonds. The van der Waals surface area contributed by atoms with E-state index in [1.54, 1.807) is 0 Å². The summed E-state index contributed by atoms with van der Waals surface area (Å²) in [6.45, 7) is 0. The fourth-order valence-electron chi connectivity index (χ4n) is 3.74. The van der Waals surface area contributed by atoms with Gasteiger partial charge in [0.15, 0.2) is 0 Å². The van der Waals surface area contributed by atoms with Crippen LogP contribution in [0.1, 0.15) is 43.6 Å². The van der Waals surface area contributed by atoms with Crippen molar-refractivity contribution in [1.82, 2.24) is 4.31 Å². The number of benzene rings is 1. The van der Waals surface area contributed by atoms with Crippen LogP contribution in [0.15, 0.2) is 30.3 Å². The van der Waals surface area contributed by atoms with E-state index in [1.807, 2.05) is 30.3 Å². The van der Waals surface area contributed by atoms with E-state index in [-0.39, 0.29) is 18.2 Å². The minimum absolute atomic E-state index is 0.0451. The Morgan fingerprint density at radius 1 is 1.20 bits per heavy atom. The molecule has 1 aromatic rings. The molecule has 0 aromatic heterocycles. The maximum absolute atomic E-state index is 11.8. The van der Waals surface area contributed by atoms with Gasteiger partial charge in [0.1, 0.15) is 0 Å². The second kappa shape index (κ2) is 4.74. The molecule has 6 heteroatoms. The molecule has 1 spiro atoms. The molecule has 20 heavy (non-hydrogen) atoms. The molecule has 2 unspecified atom stereocenters. The summed E-state index contributed by atoms with van der Waals surface area (Å²) < 4.78 is 24.4. The van der Waals surface area contributed by atoms with Gasteiger partial charge in [0.25, 0.3) is 0 Å². The maximum Gasteiger partial charge on any atom is 0.324 e. The SMILES string of the molecule is O=C1CC2(CCCCC2c2ccccc2)N1S(=O)(=O)Cl. The summed E-state index contributed by atoms with van der Waals surface area (Å²) in [5.41, 5.74) is 0.446. The van der Waals surface area contributed by atoms with Crippen molar-refractivity contribution >= 4 is 25.8 Å². The molecule has 0 N–H and O–H groups in total. The lowest BCUT2D eigenvalue weighted by molar-refractivity contribution is -0.149. The van der Waals surface area contributed by atoms with Gasteiger partial charge >= 0.3 is 9.24 Å². The third kappa shape index (κ3) is 2.04. The largest absolute Gasteiger partial charge is 0.324 e. The smallest absolute Gasteiger partial charge is 0.274 e. The Labute approximate surface area is 123 Å². The van der Waals surface area contributed by atoms with Crippen molar-refractivity contribution in [3.8, 4) is 0 Å². The molecule has 1 aliphatic carbocycles. The fourth-order valence-corrected chi connectivity index (χ4v) is 5.41. The van der Waals surface area contributed by atoms with Gasteiger partial charge in [-0.3, -0.25) is 4.79 Å². The molecule has 0 bridgehead atoms. The van der Waals surface area contributed by atoms with Crippen LogP contribution in [0.2, 0.25) is 0 Å². The molecule has 1 saturated heterocycles. The Bertz CT molecular complexity index is 631. The molecular weight excluding hydrogens is 298 g/mol. The first-order chi connectivity index (χ1) is 9.45. The number of rotatable bonds is 2. The zero-order valence-corrected chi connectivity index (χ0v) is 12.5. The molecule has 1 heterocycles. The molecule has 1 saturated carbocycles. The van der Waals surface area contributed by atoms with Crippen LogP contribution in [0.3, 0.4) is 0 Å². The van der Waals surface area contributed by atoms with Gasteiger partial charge in [-0.25, -0.2) is 4.31 Å². The Balaban J connectivity index is 2.04. The summed E-state index contributed by atoms with van der Waals surface area (Å²) in [5.74, 6) is -0.341. The first-order valence-corrected chi connectivity index (χ1v) is 9.04. The maximum atomic E-state index is 11.8. The molecule has 1 aromatic carbocycles. The number of β-lactam (4-membered cyclic amide) rings is 1. The van der Waals surface area contributed by atoms with Crippen molar-refractivity contribution in [2.75, 3.05) is 0 Å². The van der Waals surface area contributed by atoms with Gasteiger partial charge in [0.2, 0.25) is 5.91 Å². The second-order valence-corrected chi connectivity index (χ2v) is 7.95. The van der Waals surface area contributed by atoms with Crippen LogP contribution in [0.5, 0.6) is 0 Å². The predicted molar refractivity (Wildman–Crippen MR) is 76.6 cm³/mol. The van der Waals surface area contributed by atoms with Crippen LogP contribution < -0.4 is 0 Å². The number of hydrogen-bond acceptors (Lipinski definition) is 3. The highest BCUT2D eigenvalue weighted by atomic mass is 35.7. The summed E-state index contributed by atoms with van der Waals surface area (Å²) >= 11 is 0. The molecule has 3 rings (SSSR count). The zero-order chi connectivity index (χ0) is 14.4. The molecule has 1 aliphatic heterocycles. The average molecular weight is 314 g/mol. The van der Waals surface area contributed by atoms with E-state index in [9.17, 15) is 13.2 Å². The summed E-state index contributed by atoms with van der Waals surface area (Å²) in [7, 11) is 1.47. The number of carbonyl (C=O) groups is 1. The van der Waals surface area contributed by atoms with Gasteiger partial charge < -0.3 is 0 Å². The van der Waals surface area contributed by atoms with Gasteiger partial charge in [-0.15, -0.1) is 0 Å². The Hall–Kier alpha value is -1.07. The van der Waals surface area contributed by atoms with Gasteiger partial charge in [-0.1, -0.05) is 43.2 Å². The van der Waals surface area contributed by atoms with Crippen LogP contribution >= 0.6 is 10.7 Å². The monoisotopic (exact) mass is 313 g/mol. The van der Waals surface area contributed by atoms with Crippen molar-refractivity contribution in [1.29, 1.82) is 0 Å². The molecule has 2 aliphatic rings. The Morgan fingerprint density at radius 3 is 2.50 bits per heavy atom. The van der Waals surface area contributed by atoms with Crippen molar-refractivity contribution < 1.29 is 13.2 Å². The second-order valence-electron chi connectivity index (χ2n) is 5.59. The number of carbonyl (C=O) groups excluding carboxylic acids is 1. The van der Waals surface area contributed by atoms with Crippen molar-refractivity contribution in [3.63, 3.8) is 0 Å². The van der Waals surface area contributed by atoms with E-state index in [0.29, 0.717) is 6.42 Å². The van der Waals surface area contributed by atoms with Gasteiger partial charge in [-0.2, -0.15) is 8.42 Å². The van der Waals surface area contributed by atoms with Crippen LogP contribution in [0, 0.1) is 0 Å². The lowest BCUT2D eigenvalue weighted by Gasteiger charge is -2.56. The first kappa shape index (κ1) is 13.9. The number of amides is 1. The molecule has 2 fully saturated rings. The predicted octanol–water partition coefficient (Wildman–Crippen LogP) is 2.80. The molecular formula is C14H16ClNO3S. The van der Waals surface area contributed by atoms with Crippen LogP contribution in [0.4, 0.5) is 0 Å². The standard InChI is InChI=1S/C14H16ClNO3S/c15-20(18,19)16-13(17)10-14(16)9-5-4-8-12(14)11-6-2-1-3-7-11/h1-3,6-7,12H,4-5,8-10H2. The minimum Gasteiger partial charge on any atom is -0.274 e. The van der Waals surface area contributed by atoms with Crippen LogP contribution in [0.25, 0.3) is 0 Å². The van der Waals surface area contributed by atoms with Gasteiger partial charge in [-0.05, 0) is 18.4 Å². The highest BCUT2D eigenvalue weighted by Gasteiger charge is 2.60. The average Bonchev–Trinajstić information content (AvgIpc) is 2.37. The number of hydrogen-bond donors (Lipinski definition) is 0. The summed E-state index contributed by atoms with van der Waals surface area (Å²) in [5, 5.41) is 0. The van der Waals surface area contributed by atoms with Crippen molar-refractivity contribution in [3.05, 3.63) is 35.9 Å². The minimum atomic E-state index is -4.01. The van der Waals surface area contributed by atoms with Gasteiger partial charge in [0, 0.05) is 16.6 Å². The molecule has 2 atom stereocenters. The quantitative estimate of drug-likeness (QED) is 0.623. The number of nitrogens with zero attached hydrogens (tertiary/aromatic N) is 1. The Kier molecular flexibility index (Phi) is 3.29. The lowest BCUT2D eigenvalue weighted by atomic mass is 9.64. The summed E-state index contributed by atoms with van der Waals surface area (Å²) in [4.78, 5) is 11.8. The van der Waals surface area contributed by atoms with E-state index >= 15 is 0 Å². The highest BCUT2D eigenvalue weighted by molar-refractivity contribution is 8.12. The third-order valence-corrected chi connectivity index (χ3v) is 5.93. The molecule has 4 nitrogen and oxygen atoms in total. The van der Waals surface area contributed by atoms with Gasteiger partial charge in [0.05, 0.1) is 12.0 Å². The summed E-state index contributed by atoms with van der Waals surface area (Å²) in [6, 6.07) is 9.81. The first-order valence-electron chi connectivity index (χ1n) is 6.78. The fraction of sp³-hybridized carbons (Fsp3) is 0.500. The lowest BCUT2D eigenvalue weighted by Crippen LogP contribution is -2.67. The van der Waals surface area contributed by atoms with E-state index < -0.39 is 14.8 Å². The molecule has 0 radical (unpaired) electrons. The van der Waals surface area contributed by atoms with E-state index in [2.05, 4.69) is 0 Å². The zero-order valence-electron chi connectivity index (χ0n) is 11.0. The van der Waals surface area contributed by atoms with E-state index in [1.165, 1.54) is 0 Å². The Morgan fingerprint density at radius 2 is 1.90 bits per heavy atom. The van der Waals surface area contributed by atoms with E-state index in [0.717, 1.165) is 29.1 Å². The normalized spacial score (nSPS) is 30.4. The van der Waals surface area contributed by atoms with Crippen molar-refractivity contribution in [2.24, 2.45) is 0 Å².